The summed E-state index contributed by atoms with van der Waals surface area (Å²) in [6.07, 6.45) is 3.11. The lowest BCUT2D eigenvalue weighted by molar-refractivity contribution is -0.132. The van der Waals surface area contributed by atoms with Gasteiger partial charge in [0.2, 0.25) is 5.91 Å². The van der Waals surface area contributed by atoms with Crippen LogP contribution >= 0.6 is 0 Å². The zero-order valence-electron chi connectivity index (χ0n) is 12.8. The molecule has 1 N–H and O–H groups in total. The van der Waals surface area contributed by atoms with Gasteiger partial charge in [-0.05, 0) is 24.5 Å². The van der Waals surface area contributed by atoms with Crippen LogP contribution in [0.3, 0.4) is 0 Å². The van der Waals surface area contributed by atoms with Crippen molar-refractivity contribution in [2.24, 2.45) is 0 Å². The van der Waals surface area contributed by atoms with Gasteiger partial charge in [0.25, 0.3) is 0 Å². The monoisotopic (exact) mass is 299 g/mol. The van der Waals surface area contributed by atoms with Gasteiger partial charge >= 0.3 is 6.03 Å². The largest absolute Gasteiger partial charge is 0.336 e. The third-order valence-corrected chi connectivity index (χ3v) is 4.41. The van der Waals surface area contributed by atoms with Crippen LogP contribution in [-0.4, -0.2) is 54.0 Å². The van der Waals surface area contributed by atoms with Gasteiger partial charge in [-0.15, -0.1) is 0 Å². The van der Waals surface area contributed by atoms with E-state index in [1.54, 1.807) is 0 Å². The summed E-state index contributed by atoms with van der Waals surface area (Å²) >= 11 is 0. The number of carbonyl (C=O) groups excluding carboxylic acids is 2. The topological polar surface area (TPSA) is 52.7 Å². The van der Waals surface area contributed by atoms with Crippen molar-refractivity contribution in [1.82, 2.24) is 15.1 Å². The SMILES string of the molecule is C[C@@H](C(=O)N1CCNC1=O)N1CC=C(c2ccccc2)CC1. The second-order valence-corrected chi connectivity index (χ2v) is 5.74. The van der Waals surface area contributed by atoms with Crippen molar-refractivity contribution in [2.45, 2.75) is 19.4 Å². The number of hydrogen-bond acceptors (Lipinski definition) is 3. The van der Waals surface area contributed by atoms with Crippen LogP contribution in [0.5, 0.6) is 0 Å². The van der Waals surface area contributed by atoms with Crippen LogP contribution in [0, 0.1) is 0 Å². The van der Waals surface area contributed by atoms with E-state index in [2.05, 4.69) is 28.4 Å². The Morgan fingerprint density at radius 3 is 2.59 bits per heavy atom. The summed E-state index contributed by atoms with van der Waals surface area (Å²) in [6, 6.07) is 9.80. The Balaban J connectivity index is 1.64. The zero-order chi connectivity index (χ0) is 15.5. The van der Waals surface area contributed by atoms with Gasteiger partial charge < -0.3 is 5.32 Å². The van der Waals surface area contributed by atoms with Gasteiger partial charge in [0.1, 0.15) is 0 Å². The number of urea groups is 1. The second kappa shape index (κ2) is 6.32. The molecular weight excluding hydrogens is 278 g/mol. The number of nitrogens with zero attached hydrogens (tertiary/aromatic N) is 2. The Kier molecular flexibility index (Phi) is 4.24. The lowest BCUT2D eigenvalue weighted by Gasteiger charge is -2.32. The first kappa shape index (κ1) is 14.8. The minimum Gasteiger partial charge on any atom is -0.336 e. The third kappa shape index (κ3) is 2.90. The van der Waals surface area contributed by atoms with Crippen molar-refractivity contribution in [3.8, 4) is 0 Å². The summed E-state index contributed by atoms with van der Waals surface area (Å²) in [7, 11) is 0. The number of amides is 3. The Bertz CT molecular complexity index is 597. The first-order valence-electron chi connectivity index (χ1n) is 7.74. The van der Waals surface area contributed by atoms with Crippen LogP contribution in [0.2, 0.25) is 0 Å². The maximum Gasteiger partial charge on any atom is 0.324 e. The highest BCUT2D eigenvalue weighted by Gasteiger charge is 2.32. The molecule has 1 aromatic carbocycles. The molecule has 1 saturated heterocycles. The molecule has 2 heterocycles. The van der Waals surface area contributed by atoms with E-state index in [-0.39, 0.29) is 18.0 Å². The smallest absolute Gasteiger partial charge is 0.324 e. The van der Waals surface area contributed by atoms with Crippen LogP contribution in [0.1, 0.15) is 18.9 Å². The van der Waals surface area contributed by atoms with Crippen molar-refractivity contribution in [1.29, 1.82) is 0 Å². The molecular formula is C17H21N3O2. The molecule has 0 aromatic heterocycles. The maximum atomic E-state index is 12.4. The molecule has 0 bridgehead atoms. The van der Waals surface area contributed by atoms with E-state index in [1.807, 2.05) is 25.1 Å². The van der Waals surface area contributed by atoms with Gasteiger partial charge in [0.15, 0.2) is 0 Å². The van der Waals surface area contributed by atoms with Gasteiger partial charge in [-0.1, -0.05) is 36.4 Å². The predicted octanol–water partition coefficient (Wildman–Crippen LogP) is 1.72. The van der Waals surface area contributed by atoms with E-state index >= 15 is 0 Å². The quantitative estimate of drug-likeness (QED) is 0.924. The van der Waals surface area contributed by atoms with Crippen LogP contribution < -0.4 is 5.32 Å². The van der Waals surface area contributed by atoms with E-state index in [0.717, 1.165) is 19.5 Å². The molecule has 5 heteroatoms. The second-order valence-electron chi connectivity index (χ2n) is 5.74. The average molecular weight is 299 g/mol. The highest BCUT2D eigenvalue weighted by Crippen LogP contribution is 2.23. The number of imide groups is 1. The molecule has 3 rings (SSSR count). The first-order chi connectivity index (χ1) is 10.7. The lowest BCUT2D eigenvalue weighted by Crippen LogP contribution is -2.49. The summed E-state index contributed by atoms with van der Waals surface area (Å²) in [5, 5.41) is 2.67. The summed E-state index contributed by atoms with van der Waals surface area (Å²) < 4.78 is 0. The third-order valence-electron chi connectivity index (χ3n) is 4.41. The Labute approximate surface area is 130 Å². The van der Waals surface area contributed by atoms with E-state index in [0.29, 0.717) is 13.1 Å². The van der Waals surface area contributed by atoms with Crippen molar-refractivity contribution in [2.75, 3.05) is 26.2 Å². The summed E-state index contributed by atoms with van der Waals surface area (Å²) in [4.78, 5) is 27.5. The summed E-state index contributed by atoms with van der Waals surface area (Å²) in [6.45, 7) is 4.49. The summed E-state index contributed by atoms with van der Waals surface area (Å²) in [5.41, 5.74) is 2.58. The number of benzene rings is 1. The van der Waals surface area contributed by atoms with E-state index in [4.69, 9.17) is 0 Å². The Morgan fingerprint density at radius 1 is 1.23 bits per heavy atom. The molecule has 2 aliphatic heterocycles. The van der Waals surface area contributed by atoms with Gasteiger partial charge in [-0.25, -0.2) is 4.79 Å². The molecule has 1 fully saturated rings. The standard InChI is InChI=1S/C17H21N3O2/c1-13(16(21)20-12-9-18-17(20)22)19-10-7-15(8-11-19)14-5-3-2-4-6-14/h2-7,13H,8-12H2,1H3,(H,18,22)/t13-/m0/s1. The molecule has 3 amide bonds. The maximum absolute atomic E-state index is 12.4. The minimum atomic E-state index is -0.269. The highest BCUT2D eigenvalue weighted by molar-refractivity contribution is 5.98. The lowest BCUT2D eigenvalue weighted by atomic mass is 9.99. The van der Waals surface area contributed by atoms with Gasteiger partial charge in [0.05, 0.1) is 6.04 Å². The number of rotatable bonds is 3. The molecule has 1 atom stereocenters. The summed E-state index contributed by atoms with van der Waals surface area (Å²) in [5.74, 6) is -0.105. The van der Waals surface area contributed by atoms with Gasteiger partial charge in [-0.2, -0.15) is 0 Å². The van der Waals surface area contributed by atoms with Crippen molar-refractivity contribution < 1.29 is 9.59 Å². The molecule has 22 heavy (non-hydrogen) atoms. The van der Waals surface area contributed by atoms with E-state index < -0.39 is 0 Å². The van der Waals surface area contributed by atoms with Crippen molar-refractivity contribution in [3.05, 3.63) is 42.0 Å². The molecule has 0 saturated carbocycles. The fourth-order valence-electron chi connectivity index (χ4n) is 3.01. The number of hydrogen-bond donors (Lipinski definition) is 1. The Hall–Kier alpha value is -2.14. The fourth-order valence-corrected chi connectivity index (χ4v) is 3.01. The number of carbonyl (C=O) groups is 2. The molecule has 1 aromatic rings. The van der Waals surface area contributed by atoms with Crippen LogP contribution in [0.15, 0.2) is 36.4 Å². The van der Waals surface area contributed by atoms with E-state index in [1.165, 1.54) is 16.0 Å². The predicted molar refractivity (Wildman–Crippen MR) is 85.2 cm³/mol. The van der Waals surface area contributed by atoms with Crippen LogP contribution in [-0.2, 0) is 4.79 Å². The molecule has 0 aliphatic carbocycles. The Morgan fingerprint density at radius 2 is 2.00 bits per heavy atom. The zero-order valence-corrected chi connectivity index (χ0v) is 12.8. The van der Waals surface area contributed by atoms with Gasteiger partial charge in [0, 0.05) is 26.2 Å². The normalized spacial score (nSPS) is 20.5. The van der Waals surface area contributed by atoms with Crippen LogP contribution in [0.4, 0.5) is 4.79 Å². The molecule has 0 radical (unpaired) electrons. The van der Waals surface area contributed by atoms with E-state index in [9.17, 15) is 9.59 Å². The number of nitrogens with one attached hydrogen (secondary N) is 1. The highest BCUT2D eigenvalue weighted by atomic mass is 16.2. The molecule has 116 valence electrons. The van der Waals surface area contributed by atoms with Crippen molar-refractivity contribution >= 4 is 17.5 Å². The van der Waals surface area contributed by atoms with Gasteiger partial charge in [-0.3, -0.25) is 14.6 Å². The van der Waals surface area contributed by atoms with Crippen molar-refractivity contribution in [3.63, 3.8) is 0 Å². The molecule has 5 nitrogen and oxygen atoms in total. The minimum absolute atomic E-state index is 0.105. The van der Waals surface area contributed by atoms with Crippen LogP contribution in [0.25, 0.3) is 5.57 Å². The first-order valence-corrected chi connectivity index (χ1v) is 7.74. The molecule has 0 spiro atoms. The molecule has 2 aliphatic rings. The average Bonchev–Trinajstić information content (AvgIpc) is 3.00. The molecule has 0 unspecified atom stereocenters. The fraction of sp³-hybridized carbons (Fsp3) is 0.412.